The van der Waals surface area contributed by atoms with Gasteiger partial charge in [-0.05, 0) is 37.0 Å². The van der Waals surface area contributed by atoms with Crippen LogP contribution in [0.25, 0.3) is 27.6 Å². The fourth-order valence-corrected chi connectivity index (χ4v) is 5.26. The monoisotopic (exact) mass is 490 g/mol. The van der Waals surface area contributed by atoms with Crippen LogP contribution in [0, 0.1) is 5.92 Å². The molecule has 1 amide bonds. The molecule has 0 saturated carbocycles. The Morgan fingerprint density at radius 1 is 1.29 bits per heavy atom. The molecule has 0 bridgehead atoms. The third-order valence-corrected chi connectivity index (χ3v) is 6.95. The number of carbonyl (C=O) groups is 1. The Hall–Kier alpha value is -3.46. The number of likely N-dealkylation sites (tertiary alicyclic amines) is 1. The van der Waals surface area contributed by atoms with Crippen LogP contribution >= 0.6 is 11.3 Å². The molecule has 9 heteroatoms. The second-order valence-electron chi connectivity index (χ2n) is 9.28. The summed E-state index contributed by atoms with van der Waals surface area (Å²) in [7, 11) is 1.66. The SMILES string of the molecule is COc1cccc(-c2nc3sccn3c2-c2ccnc(NC3CCCN(C(=O)CC(C)C)C3)n2)c1. The number of rotatable bonds is 7. The first kappa shape index (κ1) is 23.3. The van der Waals surface area contributed by atoms with Crippen LogP contribution in [0.15, 0.2) is 48.1 Å². The van der Waals surface area contributed by atoms with E-state index in [4.69, 9.17) is 14.7 Å². The van der Waals surface area contributed by atoms with Gasteiger partial charge in [0.1, 0.15) is 11.4 Å². The topological polar surface area (TPSA) is 84.7 Å². The summed E-state index contributed by atoms with van der Waals surface area (Å²) >= 11 is 1.59. The molecular formula is C26H30N6O2S. The van der Waals surface area contributed by atoms with Gasteiger partial charge in [0.05, 0.1) is 18.5 Å². The zero-order chi connectivity index (χ0) is 24.4. The summed E-state index contributed by atoms with van der Waals surface area (Å²) in [5.41, 5.74) is 3.52. The number of benzene rings is 1. The Morgan fingerprint density at radius 3 is 3.00 bits per heavy atom. The molecule has 0 radical (unpaired) electrons. The first-order valence-electron chi connectivity index (χ1n) is 12.0. The van der Waals surface area contributed by atoms with Crippen molar-refractivity contribution in [1.29, 1.82) is 0 Å². The standard InChI is InChI=1S/C26H30N6O2S/c1-17(2)14-22(33)31-11-5-7-19(16-31)28-25-27-10-9-21(29-25)24-23(30-26-32(24)12-13-35-26)18-6-4-8-20(15-18)34-3/h4,6,8-10,12-13,15,17,19H,5,7,11,14,16H2,1-3H3,(H,27,28,29). The molecule has 0 aliphatic carbocycles. The number of ether oxygens (including phenoxy) is 1. The molecule has 5 rings (SSSR count). The third kappa shape index (κ3) is 5.00. The normalized spacial score (nSPS) is 16.1. The number of methoxy groups -OCH3 is 1. The van der Waals surface area contributed by atoms with Crippen LogP contribution < -0.4 is 10.1 Å². The molecule has 182 valence electrons. The highest BCUT2D eigenvalue weighted by Gasteiger charge is 2.25. The van der Waals surface area contributed by atoms with Gasteiger partial charge in [-0.15, -0.1) is 11.3 Å². The van der Waals surface area contributed by atoms with Crippen LogP contribution in [-0.2, 0) is 4.79 Å². The molecule has 1 atom stereocenters. The average Bonchev–Trinajstić information content (AvgIpc) is 3.45. The van der Waals surface area contributed by atoms with Crippen LogP contribution in [0.4, 0.5) is 5.95 Å². The maximum absolute atomic E-state index is 12.6. The van der Waals surface area contributed by atoms with Crippen molar-refractivity contribution in [2.45, 2.75) is 39.2 Å². The Balaban J connectivity index is 1.43. The Bertz CT molecular complexity index is 1330. The van der Waals surface area contributed by atoms with E-state index in [-0.39, 0.29) is 11.9 Å². The maximum Gasteiger partial charge on any atom is 0.223 e. The van der Waals surface area contributed by atoms with Gasteiger partial charge in [-0.2, -0.15) is 0 Å². The van der Waals surface area contributed by atoms with E-state index in [2.05, 4.69) is 28.5 Å². The second kappa shape index (κ2) is 10.0. The summed E-state index contributed by atoms with van der Waals surface area (Å²) in [6.45, 7) is 5.66. The molecule has 3 aromatic heterocycles. The molecule has 1 aliphatic heterocycles. The fourth-order valence-electron chi connectivity index (χ4n) is 4.54. The maximum atomic E-state index is 12.6. The lowest BCUT2D eigenvalue weighted by Gasteiger charge is -2.33. The third-order valence-electron chi connectivity index (χ3n) is 6.19. The number of hydrogen-bond donors (Lipinski definition) is 1. The van der Waals surface area contributed by atoms with Crippen molar-refractivity contribution in [1.82, 2.24) is 24.3 Å². The van der Waals surface area contributed by atoms with Crippen molar-refractivity contribution in [2.75, 3.05) is 25.5 Å². The Kier molecular flexibility index (Phi) is 6.68. The second-order valence-corrected chi connectivity index (χ2v) is 10.2. The number of fused-ring (bicyclic) bond motifs is 1. The van der Waals surface area contributed by atoms with E-state index in [9.17, 15) is 4.79 Å². The number of imidazole rings is 1. The number of carbonyl (C=O) groups excluding carboxylic acids is 1. The van der Waals surface area contributed by atoms with E-state index >= 15 is 0 Å². The highest BCUT2D eigenvalue weighted by atomic mass is 32.1. The number of thiazole rings is 1. The number of nitrogens with one attached hydrogen (secondary N) is 1. The number of piperidine rings is 1. The van der Waals surface area contributed by atoms with Crippen molar-refractivity contribution in [3.05, 3.63) is 48.1 Å². The molecule has 8 nitrogen and oxygen atoms in total. The van der Waals surface area contributed by atoms with Crippen molar-refractivity contribution >= 4 is 28.2 Å². The van der Waals surface area contributed by atoms with Gasteiger partial charge in [-0.3, -0.25) is 9.20 Å². The first-order valence-corrected chi connectivity index (χ1v) is 12.9. The number of hydrogen-bond acceptors (Lipinski definition) is 7. The predicted molar refractivity (Wildman–Crippen MR) is 139 cm³/mol. The summed E-state index contributed by atoms with van der Waals surface area (Å²) in [6, 6.07) is 9.95. The minimum absolute atomic E-state index is 0.125. The number of anilines is 1. The van der Waals surface area contributed by atoms with E-state index in [0.29, 0.717) is 24.8 Å². The predicted octanol–water partition coefficient (Wildman–Crippen LogP) is 4.98. The van der Waals surface area contributed by atoms with Gasteiger partial charge in [0.15, 0.2) is 4.96 Å². The van der Waals surface area contributed by atoms with Gasteiger partial charge in [-0.1, -0.05) is 26.0 Å². The molecule has 1 aliphatic rings. The number of amides is 1. The summed E-state index contributed by atoms with van der Waals surface area (Å²) in [6.07, 6.45) is 6.33. The first-order chi connectivity index (χ1) is 17.0. The smallest absolute Gasteiger partial charge is 0.223 e. The molecular weight excluding hydrogens is 460 g/mol. The van der Waals surface area contributed by atoms with Crippen LogP contribution in [0.3, 0.4) is 0 Å². The van der Waals surface area contributed by atoms with Gasteiger partial charge < -0.3 is 15.0 Å². The van der Waals surface area contributed by atoms with Crippen LogP contribution in [0.5, 0.6) is 5.75 Å². The summed E-state index contributed by atoms with van der Waals surface area (Å²) in [5, 5.41) is 5.50. The summed E-state index contributed by atoms with van der Waals surface area (Å²) < 4.78 is 7.50. The number of aromatic nitrogens is 4. The molecule has 1 unspecified atom stereocenters. The van der Waals surface area contributed by atoms with Crippen LogP contribution in [0.1, 0.15) is 33.1 Å². The van der Waals surface area contributed by atoms with Crippen molar-refractivity contribution in [3.63, 3.8) is 0 Å². The molecule has 1 saturated heterocycles. The molecule has 1 aromatic carbocycles. The van der Waals surface area contributed by atoms with Crippen LogP contribution in [0.2, 0.25) is 0 Å². The zero-order valence-electron chi connectivity index (χ0n) is 20.3. The molecule has 4 heterocycles. The number of nitrogens with zero attached hydrogens (tertiary/aromatic N) is 5. The molecule has 1 N–H and O–H groups in total. The zero-order valence-corrected chi connectivity index (χ0v) is 21.1. The average molecular weight is 491 g/mol. The van der Waals surface area contributed by atoms with Gasteiger partial charge in [-0.25, -0.2) is 15.0 Å². The van der Waals surface area contributed by atoms with Crippen molar-refractivity contribution in [3.8, 4) is 28.4 Å². The molecule has 35 heavy (non-hydrogen) atoms. The van der Waals surface area contributed by atoms with Gasteiger partial charge in [0.25, 0.3) is 0 Å². The Labute approximate surface area is 209 Å². The van der Waals surface area contributed by atoms with E-state index in [0.717, 1.165) is 52.7 Å². The highest BCUT2D eigenvalue weighted by Crippen LogP contribution is 2.35. The minimum atomic E-state index is 0.125. The van der Waals surface area contributed by atoms with Gasteiger partial charge >= 0.3 is 0 Å². The minimum Gasteiger partial charge on any atom is -0.497 e. The lowest BCUT2D eigenvalue weighted by molar-refractivity contribution is -0.133. The van der Waals surface area contributed by atoms with Crippen LogP contribution in [-0.4, -0.2) is 56.4 Å². The van der Waals surface area contributed by atoms with Gasteiger partial charge in [0.2, 0.25) is 11.9 Å². The van der Waals surface area contributed by atoms with E-state index < -0.39 is 0 Å². The highest BCUT2D eigenvalue weighted by molar-refractivity contribution is 7.15. The Morgan fingerprint density at radius 2 is 2.17 bits per heavy atom. The van der Waals surface area contributed by atoms with E-state index in [1.54, 1.807) is 24.6 Å². The lowest BCUT2D eigenvalue weighted by Crippen LogP contribution is -2.45. The van der Waals surface area contributed by atoms with Crippen molar-refractivity contribution < 1.29 is 9.53 Å². The van der Waals surface area contributed by atoms with Gasteiger partial charge in [0, 0.05) is 48.9 Å². The quantitative estimate of drug-likeness (QED) is 0.393. The van der Waals surface area contributed by atoms with E-state index in [1.807, 2.05) is 46.8 Å². The summed E-state index contributed by atoms with van der Waals surface area (Å²) in [4.78, 5) is 29.7. The molecule has 0 spiro atoms. The molecule has 4 aromatic rings. The van der Waals surface area contributed by atoms with E-state index in [1.165, 1.54) is 0 Å². The largest absolute Gasteiger partial charge is 0.497 e. The molecule has 1 fully saturated rings. The summed E-state index contributed by atoms with van der Waals surface area (Å²) in [5.74, 6) is 1.93. The fraction of sp³-hybridized carbons (Fsp3) is 0.385. The lowest BCUT2D eigenvalue weighted by atomic mass is 10.0. The van der Waals surface area contributed by atoms with Crippen molar-refractivity contribution in [2.24, 2.45) is 5.92 Å².